The predicted octanol–water partition coefficient (Wildman–Crippen LogP) is 0.600. The van der Waals surface area contributed by atoms with Gasteiger partial charge in [0.25, 0.3) is 0 Å². The Bertz CT molecular complexity index is 613. The molecule has 4 N–H and O–H groups in total. The van der Waals surface area contributed by atoms with Crippen LogP contribution < -0.4 is 4.74 Å². The minimum atomic E-state index is -1.38. The summed E-state index contributed by atoms with van der Waals surface area (Å²) >= 11 is 0. The average molecular weight is 340 g/mol. The lowest BCUT2D eigenvalue weighted by Crippen LogP contribution is -2.53. The molecule has 7 nitrogen and oxygen atoms in total. The molecule has 0 amide bonds. The third kappa shape index (κ3) is 3.12. The van der Waals surface area contributed by atoms with Gasteiger partial charge in [-0.15, -0.1) is 0 Å². The molecular formula is C17H24O7. The van der Waals surface area contributed by atoms with E-state index in [1.807, 2.05) is 0 Å². The van der Waals surface area contributed by atoms with Gasteiger partial charge < -0.3 is 29.9 Å². The minimum absolute atomic E-state index is 0.403. The Morgan fingerprint density at radius 2 is 1.79 bits per heavy atom. The van der Waals surface area contributed by atoms with E-state index in [1.165, 1.54) is 7.11 Å². The van der Waals surface area contributed by atoms with Gasteiger partial charge in [0.1, 0.15) is 30.2 Å². The molecule has 1 fully saturated rings. The molecule has 0 aromatic heterocycles. The predicted molar refractivity (Wildman–Crippen MR) is 85.0 cm³/mol. The van der Waals surface area contributed by atoms with Gasteiger partial charge in [-0.05, 0) is 38.5 Å². The zero-order valence-corrected chi connectivity index (χ0v) is 14.1. The molecule has 0 unspecified atom stereocenters. The fraction of sp³-hybridized carbons (Fsp3) is 0.588. The van der Waals surface area contributed by atoms with Crippen LogP contribution in [0.25, 0.3) is 0 Å². The lowest BCUT2D eigenvalue weighted by molar-refractivity contribution is -0.219. The number of carbonyl (C=O) groups is 1. The normalized spacial score (nSPS) is 30.9. The van der Waals surface area contributed by atoms with Crippen LogP contribution in [0.4, 0.5) is 0 Å². The number of carboxylic acids is 1. The maximum atomic E-state index is 11.5. The number of ether oxygens (including phenoxy) is 2. The van der Waals surface area contributed by atoms with Gasteiger partial charge in [-0.25, -0.2) is 0 Å². The van der Waals surface area contributed by atoms with E-state index in [2.05, 4.69) is 0 Å². The van der Waals surface area contributed by atoms with Crippen molar-refractivity contribution in [2.45, 2.75) is 56.7 Å². The quantitative estimate of drug-likeness (QED) is 0.634. The first-order valence-corrected chi connectivity index (χ1v) is 7.72. The third-order valence-electron chi connectivity index (χ3n) is 4.64. The molecule has 0 aliphatic carbocycles. The molecule has 1 heterocycles. The van der Waals surface area contributed by atoms with Crippen LogP contribution >= 0.6 is 0 Å². The summed E-state index contributed by atoms with van der Waals surface area (Å²) in [4.78, 5) is 11.5. The van der Waals surface area contributed by atoms with Crippen LogP contribution in [-0.2, 0) is 14.9 Å². The van der Waals surface area contributed by atoms with Crippen LogP contribution in [0.1, 0.15) is 38.0 Å². The van der Waals surface area contributed by atoms with Crippen molar-refractivity contribution in [3.05, 3.63) is 29.3 Å². The molecule has 24 heavy (non-hydrogen) atoms. The molecule has 1 aromatic rings. The van der Waals surface area contributed by atoms with Gasteiger partial charge in [-0.2, -0.15) is 0 Å². The molecule has 134 valence electrons. The molecule has 2 rings (SSSR count). The Kier molecular flexibility index (Phi) is 5.19. The molecule has 1 aliphatic heterocycles. The number of hydrogen-bond donors (Lipinski definition) is 4. The number of rotatable bonds is 4. The summed E-state index contributed by atoms with van der Waals surface area (Å²) in [5, 5.41) is 39.5. The number of aliphatic hydroxyl groups is 3. The highest BCUT2D eigenvalue weighted by Crippen LogP contribution is 2.39. The SMILES string of the molecule is COc1ccc(C(C)(C)C(=O)O)cc1[C@H]1O[C@@H](C)[C@@H](O)[C@@H](O)[C@@H]1O. The highest BCUT2D eigenvalue weighted by Gasteiger charge is 2.43. The van der Waals surface area contributed by atoms with Crippen molar-refractivity contribution in [2.24, 2.45) is 0 Å². The van der Waals surface area contributed by atoms with Crippen LogP contribution in [0.15, 0.2) is 18.2 Å². The third-order valence-corrected chi connectivity index (χ3v) is 4.64. The molecule has 0 bridgehead atoms. The molecule has 1 saturated heterocycles. The average Bonchev–Trinajstić information content (AvgIpc) is 2.55. The molecule has 5 atom stereocenters. The van der Waals surface area contributed by atoms with Crippen molar-refractivity contribution < 1.29 is 34.7 Å². The Balaban J connectivity index is 2.50. The summed E-state index contributed by atoms with van der Waals surface area (Å²) in [6.45, 7) is 4.73. The first kappa shape index (κ1) is 18.7. The van der Waals surface area contributed by atoms with Crippen molar-refractivity contribution in [3.63, 3.8) is 0 Å². The van der Waals surface area contributed by atoms with Crippen molar-refractivity contribution >= 4 is 5.97 Å². The van der Waals surface area contributed by atoms with E-state index in [4.69, 9.17) is 9.47 Å². The van der Waals surface area contributed by atoms with Crippen molar-refractivity contribution in [2.75, 3.05) is 7.11 Å². The Morgan fingerprint density at radius 1 is 1.17 bits per heavy atom. The summed E-state index contributed by atoms with van der Waals surface area (Å²) in [6, 6.07) is 4.84. The molecule has 0 radical (unpaired) electrons. The Hall–Kier alpha value is -1.67. The van der Waals surface area contributed by atoms with Gasteiger partial charge in [0, 0.05) is 5.56 Å². The van der Waals surface area contributed by atoms with Crippen LogP contribution in [0, 0.1) is 0 Å². The lowest BCUT2D eigenvalue weighted by Gasteiger charge is -2.40. The van der Waals surface area contributed by atoms with Crippen molar-refractivity contribution in [1.82, 2.24) is 0 Å². The Labute approximate surface area is 140 Å². The van der Waals surface area contributed by atoms with Gasteiger partial charge in [0.05, 0.1) is 18.6 Å². The molecule has 7 heteroatoms. The van der Waals surface area contributed by atoms with Crippen molar-refractivity contribution in [1.29, 1.82) is 0 Å². The van der Waals surface area contributed by atoms with E-state index in [-0.39, 0.29) is 0 Å². The summed E-state index contributed by atoms with van der Waals surface area (Å²) < 4.78 is 10.9. The van der Waals surface area contributed by atoms with Gasteiger partial charge in [-0.3, -0.25) is 4.79 Å². The fourth-order valence-corrected chi connectivity index (χ4v) is 2.78. The van der Waals surface area contributed by atoms with E-state index in [0.29, 0.717) is 16.9 Å². The summed E-state index contributed by atoms with van der Waals surface area (Å²) in [5.41, 5.74) is -0.214. The molecule has 0 saturated carbocycles. The number of carboxylic acid groups (broad SMARTS) is 1. The highest BCUT2D eigenvalue weighted by molar-refractivity contribution is 5.80. The van der Waals surface area contributed by atoms with Crippen molar-refractivity contribution in [3.8, 4) is 5.75 Å². The second kappa shape index (κ2) is 6.68. The van der Waals surface area contributed by atoms with Gasteiger partial charge >= 0.3 is 5.97 Å². The number of hydrogen-bond acceptors (Lipinski definition) is 6. The van der Waals surface area contributed by atoms with E-state index in [9.17, 15) is 25.2 Å². The summed E-state index contributed by atoms with van der Waals surface area (Å²) in [7, 11) is 1.45. The van der Waals surface area contributed by atoms with Crippen LogP contribution in [0.2, 0.25) is 0 Å². The van der Waals surface area contributed by atoms with Crippen LogP contribution in [0.5, 0.6) is 5.75 Å². The molecule has 1 aromatic carbocycles. The zero-order chi connectivity index (χ0) is 18.2. The number of aliphatic carboxylic acids is 1. The second-order valence-corrected chi connectivity index (χ2v) is 6.62. The van der Waals surface area contributed by atoms with Crippen LogP contribution in [-0.4, -0.2) is 57.9 Å². The van der Waals surface area contributed by atoms with E-state index in [0.717, 1.165) is 0 Å². The topological polar surface area (TPSA) is 116 Å². The molecular weight excluding hydrogens is 316 g/mol. The van der Waals surface area contributed by atoms with Gasteiger partial charge in [0.15, 0.2) is 0 Å². The largest absolute Gasteiger partial charge is 0.496 e. The van der Waals surface area contributed by atoms with E-state index >= 15 is 0 Å². The first-order valence-electron chi connectivity index (χ1n) is 7.72. The minimum Gasteiger partial charge on any atom is -0.496 e. The number of methoxy groups -OCH3 is 1. The maximum Gasteiger partial charge on any atom is 0.313 e. The molecule has 0 spiro atoms. The second-order valence-electron chi connectivity index (χ2n) is 6.62. The van der Waals surface area contributed by atoms with E-state index in [1.54, 1.807) is 39.0 Å². The first-order chi connectivity index (χ1) is 11.1. The molecule has 1 aliphatic rings. The number of aliphatic hydroxyl groups excluding tert-OH is 3. The number of benzene rings is 1. The van der Waals surface area contributed by atoms with Gasteiger partial charge in [0.2, 0.25) is 0 Å². The Morgan fingerprint density at radius 3 is 2.33 bits per heavy atom. The van der Waals surface area contributed by atoms with Crippen LogP contribution in [0.3, 0.4) is 0 Å². The maximum absolute atomic E-state index is 11.5. The highest BCUT2D eigenvalue weighted by atomic mass is 16.5. The van der Waals surface area contributed by atoms with Gasteiger partial charge in [-0.1, -0.05) is 6.07 Å². The lowest BCUT2D eigenvalue weighted by atomic mass is 9.82. The summed E-state index contributed by atoms with van der Waals surface area (Å²) in [6.07, 6.45) is -5.60. The summed E-state index contributed by atoms with van der Waals surface area (Å²) in [5.74, 6) is -0.590. The fourth-order valence-electron chi connectivity index (χ4n) is 2.78. The van der Waals surface area contributed by atoms with E-state index < -0.39 is 41.9 Å². The smallest absolute Gasteiger partial charge is 0.313 e. The monoisotopic (exact) mass is 340 g/mol. The zero-order valence-electron chi connectivity index (χ0n) is 14.1. The standard InChI is InChI=1S/C17H24O7/c1-8-12(18)13(19)14(20)15(24-8)10-7-9(5-6-11(10)23-4)17(2,3)16(21)22/h5-8,12-15,18-20H,1-4H3,(H,21,22)/t8-,12+,13+,14-,15+/m0/s1.